The number of carbonyl (C=O) groups excluding carboxylic acids is 1. The third-order valence-electron chi connectivity index (χ3n) is 3.76. The Morgan fingerprint density at radius 2 is 2.15 bits per heavy atom. The molecule has 2 rings (SSSR count). The van der Waals surface area contributed by atoms with Crippen LogP contribution in [0.1, 0.15) is 18.9 Å². The standard InChI is InChI=1S/C14H18F2N2O.ClH/c1-14(8-17)4-5-18(9-14)13(19)6-10-2-3-11(15)7-12(10)16;/h2-3,7H,4-6,8-9,17H2,1H3;1H. The maximum atomic E-state index is 13.5. The van der Waals surface area contributed by atoms with Gasteiger partial charge in [-0.3, -0.25) is 4.79 Å². The summed E-state index contributed by atoms with van der Waals surface area (Å²) in [6.45, 7) is 3.82. The van der Waals surface area contributed by atoms with E-state index in [1.165, 1.54) is 12.1 Å². The fraction of sp³-hybridized carbons (Fsp3) is 0.500. The van der Waals surface area contributed by atoms with Crippen LogP contribution < -0.4 is 5.73 Å². The number of hydrogen-bond acceptors (Lipinski definition) is 2. The molecule has 0 saturated carbocycles. The molecule has 1 aromatic rings. The van der Waals surface area contributed by atoms with Crippen molar-refractivity contribution in [3.8, 4) is 0 Å². The lowest BCUT2D eigenvalue weighted by Crippen LogP contribution is -2.35. The highest BCUT2D eigenvalue weighted by Crippen LogP contribution is 2.28. The van der Waals surface area contributed by atoms with Gasteiger partial charge in [-0.15, -0.1) is 12.4 Å². The molecule has 1 aliphatic heterocycles. The van der Waals surface area contributed by atoms with Crippen molar-refractivity contribution in [3.05, 3.63) is 35.4 Å². The Hall–Kier alpha value is -1.20. The third-order valence-corrected chi connectivity index (χ3v) is 3.76. The van der Waals surface area contributed by atoms with Gasteiger partial charge in [0.25, 0.3) is 0 Å². The third kappa shape index (κ3) is 3.67. The lowest BCUT2D eigenvalue weighted by molar-refractivity contribution is -0.129. The van der Waals surface area contributed by atoms with Crippen LogP contribution in [-0.2, 0) is 11.2 Å². The molecule has 1 unspecified atom stereocenters. The fourth-order valence-corrected chi connectivity index (χ4v) is 2.34. The minimum absolute atomic E-state index is 0. The molecule has 1 fully saturated rings. The Labute approximate surface area is 123 Å². The highest BCUT2D eigenvalue weighted by molar-refractivity contribution is 5.85. The van der Waals surface area contributed by atoms with Crippen LogP contribution in [0.4, 0.5) is 8.78 Å². The van der Waals surface area contributed by atoms with Gasteiger partial charge >= 0.3 is 0 Å². The van der Waals surface area contributed by atoms with Crippen LogP contribution in [0.15, 0.2) is 18.2 Å². The van der Waals surface area contributed by atoms with Crippen molar-refractivity contribution in [1.29, 1.82) is 0 Å². The molecule has 1 amide bonds. The van der Waals surface area contributed by atoms with Crippen molar-refractivity contribution < 1.29 is 13.6 Å². The number of nitrogens with zero attached hydrogens (tertiary/aromatic N) is 1. The second kappa shape index (κ2) is 6.50. The van der Waals surface area contributed by atoms with Crippen molar-refractivity contribution in [2.24, 2.45) is 11.1 Å². The first kappa shape index (κ1) is 16.9. The maximum Gasteiger partial charge on any atom is 0.227 e. The molecule has 0 spiro atoms. The number of nitrogens with two attached hydrogens (primary N) is 1. The molecule has 0 aliphatic carbocycles. The molecule has 0 bridgehead atoms. The van der Waals surface area contributed by atoms with Gasteiger partial charge < -0.3 is 10.6 Å². The predicted octanol–water partition coefficient (Wildman–Crippen LogP) is 2.13. The fourth-order valence-electron chi connectivity index (χ4n) is 2.34. The quantitative estimate of drug-likeness (QED) is 0.930. The number of carbonyl (C=O) groups is 1. The SMILES string of the molecule is CC1(CN)CCN(C(=O)Cc2ccc(F)cc2F)C1.Cl. The first-order valence-electron chi connectivity index (χ1n) is 6.35. The van der Waals surface area contributed by atoms with Gasteiger partial charge in [0, 0.05) is 19.2 Å². The van der Waals surface area contributed by atoms with E-state index in [-0.39, 0.29) is 35.7 Å². The Bertz CT molecular complexity index is 498. The highest BCUT2D eigenvalue weighted by Gasteiger charge is 2.34. The van der Waals surface area contributed by atoms with Crippen LogP contribution >= 0.6 is 12.4 Å². The van der Waals surface area contributed by atoms with E-state index < -0.39 is 11.6 Å². The van der Waals surface area contributed by atoms with Crippen molar-refractivity contribution in [2.45, 2.75) is 19.8 Å². The average molecular weight is 305 g/mol. The van der Waals surface area contributed by atoms with Gasteiger partial charge in [-0.1, -0.05) is 13.0 Å². The molecule has 1 heterocycles. The predicted molar refractivity (Wildman–Crippen MR) is 75.7 cm³/mol. The molecular weight excluding hydrogens is 286 g/mol. The van der Waals surface area contributed by atoms with Crippen molar-refractivity contribution >= 4 is 18.3 Å². The number of halogens is 3. The molecular formula is C14H19ClF2N2O. The maximum absolute atomic E-state index is 13.5. The van der Waals surface area contributed by atoms with E-state index in [0.29, 0.717) is 19.6 Å². The summed E-state index contributed by atoms with van der Waals surface area (Å²) in [7, 11) is 0. The molecule has 6 heteroatoms. The highest BCUT2D eigenvalue weighted by atomic mass is 35.5. The van der Waals surface area contributed by atoms with E-state index in [4.69, 9.17) is 5.73 Å². The lowest BCUT2D eigenvalue weighted by Gasteiger charge is -2.22. The lowest BCUT2D eigenvalue weighted by atomic mass is 9.90. The van der Waals surface area contributed by atoms with Gasteiger partial charge in [0.1, 0.15) is 11.6 Å². The molecule has 3 nitrogen and oxygen atoms in total. The van der Waals surface area contributed by atoms with E-state index in [1.807, 2.05) is 6.92 Å². The summed E-state index contributed by atoms with van der Waals surface area (Å²) in [5, 5.41) is 0. The van der Waals surface area contributed by atoms with Crippen LogP contribution in [0.5, 0.6) is 0 Å². The first-order chi connectivity index (χ1) is 8.93. The summed E-state index contributed by atoms with van der Waals surface area (Å²) in [5.74, 6) is -1.44. The summed E-state index contributed by atoms with van der Waals surface area (Å²) in [6, 6.07) is 3.29. The Morgan fingerprint density at radius 3 is 2.70 bits per heavy atom. The first-order valence-corrected chi connectivity index (χ1v) is 6.35. The smallest absolute Gasteiger partial charge is 0.227 e. The Morgan fingerprint density at radius 1 is 1.45 bits per heavy atom. The zero-order valence-electron chi connectivity index (χ0n) is 11.4. The Balaban J connectivity index is 0.00000200. The van der Waals surface area contributed by atoms with Crippen molar-refractivity contribution in [3.63, 3.8) is 0 Å². The van der Waals surface area contributed by atoms with E-state index in [9.17, 15) is 13.6 Å². The van der Waals surface area contributed by atoms with Gasteiger partial charge in [0.2, 0.25) is 5.91 Å². The molecule has 2 N–H and O–H groups in total. The molecule has 112 valence electrons. The molecule has 0 radical (unpaired) electrons. The van der Waals surface area contributed by atoms with E-state index in [1.54, 1.807) is 4.90 Å². The monoisotopic (exact) mass is 304 g/mol. The van der Waals surface area contributed by atoms with E-state index in [2.05, 4.69) is 0 Å². The number of likely N-dealkylation sites (tertiary alicyclic amines) is 1. The van der Waals surface area contributed by atoms with Crippen LogP contribution in [0.3, 0.4) is 0 Å². The summed E-state index contributed by atoms with van der Waals surface area (Å²) < 4.78 is 26.3. The molecule has 1 aromatic carbocycles. The Kier molecular flexibility index (Phi) is 5.48. The number of rotatable bonds is 3. The number of amides is 1. The topological polar surface area (TPSA) is 46.3 Å². The minimum atomic E-state index is -0.672. The number of hydrogen-bond donors (Lipinski definition) is 1. The van der Waals surface area contributed by atoms with Crippen LogP contribution in [-0.4, -0.2) is 30.4 Å². The molecule has 1 atom stereocenters. The largest absolute Gasteiger partial charge is 0.342 e. The molecule has 0 aromatic heterocycles. The van der Waals surface area contributed by atoms with Crippen molar-refractivity contribution in [2.75, 3.05) is 19.6 Å². The van der Waals surface area contributed by atoms with Crippen molar-refractivity contribution in [1.82, 2.24) is 4.90 Å². The van der Waals surface area contributed by atoms with Gasteiger partial charge in [-0.2, -0.15) is 0 Å². The summed E-state index contributed by atoms with van der Waals surface area (Å²) in [5.41, 5.74) is 5.87. The van der Waals surface area contributed by atoms with Crippen LogP contribution in [0.25, 0.3) is 0 Å². The zero-order chi connectivity index (χ0) is 14.0. The summed E-state index contributed by atoms with van der Waals surface area (Å²) in [4.78, 5) is 13.8. The molecule has 1 aliphatic rings. The average Bonchev–Trinajstić information content (AvgIpc) is 2.76. The minimum Gasteiger partial charge on any atom is -0.342 e. The van der Waals surface area contributed by atoms with Gasteiger partial charge in [0.05, 0.1) is 6.42 Å². The second-order valence-electron chi connectivity index (χ2n) is 5.49. The van der Waals surface area contributed by atoms with Gasteiger partial charge in [0.15, 0.2) is 0 Å². The van der Waals surface area contributed by atoms with E-state index in [0.717, 1.165) is 12.5 Å². The van der Waals surface area contributed by atoms with Crippen LogP contribution in [0, 0.1) is 17.0 Å². The normalized spacial score (nSPS) is 21.7. The summed E-state index contributed by atoms with van der Waals surface area (Å²) in [6.07, 6.45) is 0.827. The van der Waals surface area contributed by atoms with Crippen LogP contribution in [0.2, 0.25) is 0 Å². The zero-order valence-corrected chi connectivity index (χ0v) is 12.2. The van der Waals surface area contributed by atoms with E-state index >= 15 is 0 Å². The molecule has 1 saturated heterocycles. The molecule has 20 heavy (non-hydrogen) atoms. The summed E-state index contributed by atoms with van der Waals surface area (Å²) >= 11 is 0. The second-order valence-corrected chi connectivity index (χ2v) is 5.49. The van der Waals surface area contributed by atoms with Gasteiger partial charge in [-0.05, 0) is 30.0 Å². The van der Waals surface area contributed by atoms with Gasteiger partial charge in [-0.25, -0.2) is 8.78 Å². The number of benzene rings is 1.